The highest BCUT2D eigenvalue weighted by Crippen LogP contribution is 2.22. The van der Waals surface area contributed by atoms with E-state index in [1.807, 2.05) is 13.8 Å². The number of hydrogen-bond donors (Lipinski definition) is 2. The Kier molecular flexibility index (Phi) is 7.22. The molecule has 1 aromatic rings. The number of hydrogen-bond acceptors (Lipinski definition) is 4. The molecule has 1 rings (SSSR count). The molecule has 0 spiro atoms. The standard InChI is InChI=1S/C16H25N3O3/c1-4-8-19(9-5-2)15(20)11-22-14-10-12(16(21)18-3)6-7-13(14)17/h6-7,10H,4-5,8-9,11,17H2,1-3H3,(H,18,21). The molecule has 1 aromatic carbocycles. The van der Waals surface area contributed by atoms with Crippen LogP contribution in [0, 0.1) is 0 Å². The first-order valence-electron chi connectivity index (χ1n) is 7.55. The molecule has 0 radical (unpaired) electrons. The van der Waals surface area contributed by atoms with Crippen molar-refractivity contribution in [3.63, 3.8) is 0 Å². The molecule has 22 heavy (non-hydrogen) atoms. The maximum atomic E-state index is 12.2. The smallest absolute Gasteiger partial charge is 0.260 e. The van der Waals surface area contributed by atoms with Crippen LogP contribution in [0.15, 0.2) is 18.2 Å². The molecule has 0 heterocycles. The third-order valence-electron chi connectivity index (χ3n) is 3.19. The second kappa shape index (κ2) is 8.92. The average Bonchev–Trinajstić information content (AvgIpc) is 2.52. The van der Waals surface area contributed by atoms with Gasteiger partial charge in [0.15, 0.2) is 6.61 Å². The van der Waals surface area contributed by atoms with Crippen LogP contribution >= 0.6 is 0 Å². The molecule has 0 aliphatic rings. The van der Waals surface area contributed by atoms with Crippen molar-refractivity contribution in [2.45, 2.75) is 26.7 Å². The Morgan fingerprint density at radius 3 is 2.41 bits per heavy atom. The van der Waals surface area contributed by atoms with E-state index in [1.165, 1.54) is 0 Å². The highest BCUT2D eigenvalue weighted by Gasteiger charge is 2.14. The lowest BCUT2D eigenvalue weighted by Gasteiger charge is -2.21. The van der Waals surface area contributed by atoms with E-state index < -0.39 is 0 Å². The first-order valence-corrected chi connectivity index (χ1v) is 7.55. The van der Waals surface area contributed by atoms with Gasteiger partial charge in [-0.15, -0.1) is 0 Å². The molecular weight excluding hydrogens is 282 g/mol. The van der Waals surface area contributed by atoms with Crippen LogP contribution in [0.3, 0.4) is 0 Å². The van der Waals surface area contributed by atoms with Crippen LogP contribution in [0.4, 0.5) is 5.69 Å². The number of nitrogen functional groups attached to an aromatic ring is 1. The van der Waals surface area contributed by atoms with Gasteiger partial charge in [-0.05, 0) is 31.0 Å². The van der Waals surface area contributed by atoms with Gasteiger partial charge in [-0.25, -0.2) is 0 Å². The number of rotatable bonds is 8. The van der Waals surface area contributed by atoms with Crippen LogP contribution in [-0.4, -0.2) is 43.5 Å². The zero-order valence-electron chi connectivity index (χ0n) is 13.5. The molecule has 0 aliphatic heterocycles. The van der Waals surface area contributed by atoms with Crippen LogP contribution in [-0.2, 0) is 4.79 Å². The largest absolute Gasteiger partial charge is 0.482 e. The van der Waals surface area contributed by atoms with E-state index >= 15 is 0 Å². The van der Waals surface area contributed by atoms with Crippen LogP contribution in [0.25, 0.3) is 0 Å². The molecular formula is C16H25N3O3. The summed E-state index contributed by atoms with van der Waals surface area (Å²) < 4.78 is 5.51. The predicted molar refractivity (Wildman–Crippen MR) is 86.9 cm³/mol. The molecule has 6 nitrogen and oxygen atoms in total. The minimum Gasteiger partial charge on any atom is -0.482 e. The fraction of sp³-hybridized carbons (Fsp3) is 0.500. The maximum absolute atomic E-state index is 12.2. The summed E-state index contributed by atoms with van der Waals surface area (Å²) in [6.45, 7) is 5.40. The number of nitrogens with one attached hydrogen (secondary N) is 1. The van der Waals surface area contributed by atoms with Crippen molar-refractivity contribution in [2.75, 3.05) is 32.5 Å². The second-order valence-corrected chi connectivity index (χ2v) is 5.00. The van der Waals surface area contributed by atoms with Gasteiger partial charge in [0.05, 0.1) is 5.69 Å². The number of ether oxygens (including phenoxy) is 1. The summed E-state index contributed by atoms with van der Waals surface area (Å²) in [7, 11) is 1.55. The number of nitrogens with zero attached hydrogens (tertiary/aromatic N) is 1. The third kappa shape index (κ3) is 4.95. The molecule has 0 bridgehead atoms. The van der Waals surface area contributed by atoms with Crippen LogP contribution < -0.4 is 15.8 Å². The molecule has 0 atom stereocenters. The molecule has 0 saturated heterocycles. The Bertz CT molecular complexity index is 511. The van der Waals surface area contributed by atoms with Crippen molar-refractivity contribution < 1.29 is 14.3 Å². The van der Waals surface area contributed by atoms with Crippen molar-refractivity contribution in [1.82, 2.24) is 10.2 Å². The highest BCUT2D eigenvalue weighted by molar-refractivity contribution is 5.95. The Balaban J connectivity index is 2.74. The molecule has 0 saturated carbocycles. The van der Waals surface area contributed by atoms with Crippen LogP contribution in [0.1, 0.15) is 37.0 Å². The fourth-order valence-corrected chi connectivity index (χ4v) is 2.08. The van der Waals surface area contributed by atoms with Gasteiger partial charge >= 0.3 is 0 Å². The monoisotopic (exact) mass is 307 g/mol. The topological polar surface area (TPSA) is 84.7 Å². The molecule has 6 heteroatoms. The molecule has 0 fully saturated rings. The molecule has 3 N–H and O–H groups in total. The molecule has 2 amide bonds. The number of amides is 2. The summed E-state index contributed by atoms with van der Waals surface area (Å²) >= 11 is 0. The number of anilines is 1. The van der Waals surface area contributed by atoms with Crippen molar-refractivity contribution in [3.05, 3.63) is 23.8 Å². The van der Waals surface area contributed by atoms with E-state index in [4.69, 9.17) is 10.5 Å². The maximum Gasteiger partial charge on any atom is 0.260 e. The quantitative estimate of drug-likeness (QED) is 0.715. The van der Waals surface area contributed by atoms with E-state index in [1.54, 1.807) is 30.1 Å². The van der Waals surface area contributed by atoms with Crippen molar-refractivity contribution in [3.8, 4) is 5.75 Å². The summed E-state index contributed by atoms with van der Waals surface area (Å²) in [5, 5.41) is 2.53. The Morgan fingerprint density at radius 1 is 1.23 bits per heavy atom. The summed E-state index contributed by atoms with van der Waals surface area (Å²) in [5.41, 5.74) is 6.67. The van der Waals surface area contributed by atoms with E-state index in [0.29, 0.717) is 30.1 Å². The van der Waals surface area contributed by atoms with Gasteiger partial charge in [0.25, 0.3) is 11.8 Å². The van der Waals surface area contributed by atoms with E-state index in [-0.39, 0.29) is 18.4 Å². The summed E-state index contributed by atoms with van der Waals surface area (Å²) in [5.74, 6) is 0.0469. The number of nitrogens with two attached hydrogens (primary N) is 1. The minimum atomic E-state index is -0.227. The Morgan fingerprint density at radius 2 is 1.86 bits per heavy atom. The fourth-order valence-electron chi connectivity index (χ4n) is 2.08. The van der Waals surface area contributed by atoms with E-state index in [2.05, 4.69) is 5.32 Å². The van der Waals surface area contributed by atoms with Gasteiger partial charge in [-0.1, -0.05) is 13.8 Å². The molecule has 0 unspecified atom stereocenters. The summed E-state index contributed by atoms with van der Waals surface area (Å²) in [6, 6.07) is 4.76. The van der Waals surface area contributed by atoms with Gasteiger partial charge in [-0.3, -0.25) is 9.59 Å². The first kappa shape index (κ1) is 17.8. The van der Waals surface area contributed by atoms with E-state index in [9.17, 15) is 9.59 Å². The predicted octanol–water partition coefficient (Wildman–Crippen LogP) is 1.66. The number of carbonyl (C=O) groups is 2. The first-order chi connectivity index (χ1) is 10.5. The van der Waals surface area contributed by atoms with Gasteiger partial charge in [0, 0.05) is 25.7 Å². The zero-order valence-corrected chi connectivity index (χ0v) is 13.5. The molecule has 122 valence electrons. The van der Waals surface area contributed by atoms with Gasteiger partial charge in [0.1, 0.15) is 5.75 Å². The Labute approximate surface area is 131 Å². The van der Waals surface area contributed by atoms with Crippen molar-refractivity contribution >= 4 is 17.5 Å². The number of benzene rings is 1. The van der Waals surface area contributed by atoms with Crippen molar-refractivity contribution in [2.24, 2.45) is 0 Å². The van der Waals surface area contributed by atoms with Gasteiger partial charge in [-0.2, -0.15) is 0 Å². The SMILES string of the molecule is CCCN(CCC)C(=O)COc1cc(C(=O)NC)ccc1N. The number of carbonyl (C=O) groups excluding carboxylic acids is 2. The zero-order chi connectivity index (χ0) is 16.5. The lowest BCUT2D eigenvalue weighted by molar-refractivity contribution is -0.133. The molecule has 0 aromatic heterocycles. The van der Waals surface area contributed by atoms with Crippen molar-refractivity contribution in [1.29, 1.82) is 0 Å². The van der Waals surface area contributed by atoms with E-state index in [0.717, 1.165) is 12.8 Å². The minimum absolute atomic E-state index is 0.0755. The third-order valence-corrected chi connectivity index (χ3v) is 3.19. The van der Waals surface area contributed by atoms with Gasteiger partial charge in [0.2, 0.25) is 0 Å². The normalized spacial score (nSPS) is 10.1. The summed E-state index contributed by atoms with van der Waals surface area (Å²) in [6.07, 6.45) is 1.81. The van der Waals surface area contributed by atoms with Gasteiger partial charge < -0.3 is 20.7 Å². The molecule has 0 aliphatic carbocycles. The Hall–Kier alpha value is -2.24. The van der Waals surface area contributed by atoms with Crippen LogP contribution in [0.5, 0.6) is 5.75 Å². The lowest BCUT2D eigenvalue weighted by atomic mass is 10.2. The van der Waals surface area contributed by atoms with Crippen LogP contribution in [0.2, 0.25) is 0 Å². The average molecular weight is 307 g/mol. The summed E-state index contributed by atoms with van der Waals surface area (Å²) in [4.78, 5) is 25.6. The lowest BCUT2D eigenvalue weighted by Crippen LogP contribution is -2.36. The second-order valence-electron chi connectivity index (χ2n) is 5.00. The highest BCUT2D eigenvalue weighted by atomic mass is 16.5.